The first kappa shape index (κ1) is 7.30. The molecule has 11 heavy (non-hydrogen) atoms. The molecule has 0 atom stereocenters. The highest BCUT2D eigenvalue weighted by atomic mass is 127. The van der Waals surface area contributed by atoms with Gasteiger partial charge in [0.25, 0.3) is 0 Å². The lowest BCUT2D eigenvalue weighted by Crippen LogP contribution is -1.81. The topological polar surface area (TPSA) is 41.6 Å². The summed E-state index contributed by atoms with van der Waals surface area (Å²) in [6, 6.07) is 1.94. The molecule has 0 aliphatic carbocycles. The van der Waals surface area contributed by atoms with Crippen molar-refractivity contribution in [2.45, 2.75) is 0 Å². The largest absolute Gasteiger partial charge is 0.261 e. The lowest BCUT2D eigenvalue weighted by molar-refractivity contribution is 1.10. The number of fused-ring (bicyclic) bond motifs is 1. The smallest absolute Gasteiger partial charge is 0.156 e. The second-order valence-electron chi connectivity index (χ2n) is 2.07. The zero-order valence-electron chi connectivity index (χ0n) is 5.31. The third-order valence-electron chi connectivity index (χ3n) is 1.34. The van der Waals surface area contributed by atoms with Crippen molar-refractivity contribution in [3.8, 4) is 0 Å². The number of halogens is 2. The molecule has 0 unspecified atom stereocenters. The quantitative estimate of drug-likeness (QED) is 0.593. The van der Waals surface area contributed by atoms with Crippen LogP contribution in [0.1, 0.15) is 0 Å². The molecule has 2 rings (SSSR count). The van der Waals surface area contributed by atoms with Gasteiger partial charge in [-0.05, 0) is 28.7 Å². The third-order valence-corrected chi connectivity index (χ3v) is 2.77. The molecule has 0 fully saturated rings. The standard InChI is InChI=1S/C6H3ClIN3/c7-5-4(8)1-3-2-9-11-6(3)10-5/h1-2H,(H,9,10,11). The summed E-state index contributed by atoms with van der Waals surface area (Å²) in [5.74, 6) is 0. The fourth-order valence-electron chi connectivity index (χ4n) is 0.831. The highest BCUT2D eigenvalue weighted by Gasteiger charge is 2.01. The molecule has 0 radical (unpaired) electrons. The van der Waals surface area contributed by atoms with E-state index in [-0.39, 0.29) is 0 Å². The molecule has 2 heterocycles. The van der Waals surface area contributed by atoms with Crippen LogP contribution in [0.3, 0.4) is 0 Å². The molecule has 0 spiro atoms. The predicted molar refractivity (Wildman–Crippen MR) is 51.6 cm³/mol. The van der Waals surface area contributed by atoms with Gasteiger partial charge < -0.3 is 0 Å². The van der Waals surface area contributed by atoms with Crippen LogP contribution in [0.4, 0.5) is 0 Å². The van der Waals surface area contributed by atoms with E-state index in [2.05, 4.69) is 37.8 Å². The van der Waals surface area contributed by atoms with E-state index in [9.17, 15) is 0 Å². The zero-order chi connectivity index (χ0) is 7.84. The molecule has 56 valence electrons. The van der Waals surface area contributed by atoms with Gasteiger partial charge in [-0.25, -0.2) is 4.98 Å². The molecular weight excluding hydrogens is 276 g/mol. The zero-order valence-corrected chi connectivity index (χ0v) is 8.22. The molecule has 1 N–H and O–H groups in total. The highest BCUT2D eigenvalue weighted by Crippen LogP contribution is 2.19. The molecule has 0 aromatic carbocycles. The van der Waals surface area contributed by atoms with Gasteiger partial charge >= 0.3 is 0 Å². The number of hydrogen-bond donors (Lipinski definition) is 1. The van der Waals surface area contributed by atoms with Crippen LogP contribution in [0.5, 0.6) is 0 Å². The molecule has 0 saturated heterocycles. The molecule has 0 bridgehead atoms. The van der Waals surface area contributed by atoms with Crippen LogP contribution in [0.25, 0.3) is 11.0 Å². The van der Waals surface area contributed by atoms with Crippen LogP contribution in [0.15, 0.2) is 12.3 Å². The Hall–Kier alpha value is -0.360. The Morgan fingerprint density at radius 1 is 1.55 bits per heavy atom. The fourth-order valence-corrected chi connectivity index (χ4v) is 1.43. The second kappa shape index (κ2) is 2.60. The number of H-pyrrole nitrogens is 1. The van der Waals surface area contributed by atoms with Crippen molar-refractivity contribution in [1.82, 2.24) is 15.2 Å². The van der Waals surface area contributed by atoms with Crippen LogP contribution < -0.4 is 0 Å². The van der Waals surface area contributed by atoms with Crippen molar-refractivity contribution in [3.05, 3.63) is 21.0 Å². The van der Waals surface area contributed by atoms with Crippen molar-refractivity contribution < 1.29 is 0 Å². The first-order valence-corrected chi connectivity index (χ1v) is 4.38. The molecule has 2 aromatic rings. The maximum atomic E-state index is 5.78. The fraction of sp³-hybridized carbons (Fsp3) is 0. The summed E-state index contributed by atoms with van der Waals surface area (Å²) in [5, 5.41) is 8.07. The number of pyridine rings is 1. The molecule has 0 aliphatic rings. The van der Waals surface area contributed by atoms with Crippen molar-refractivity contribution >= 4 is 45.2 Å². The van der Waals surface area contributed by atoms with Crippen LogP contribution in [-0.2, 0) is 0 Å². The maximum absolute atomic E-state index is 5.78. The Labute approximate surface area is 81.3 Å². The second-order valence-corrected chi connectivity index (χ2v) is 3.59. The van der Waals surface area contributed by atoms with Gasteiger partial charge in [-0.1, -0.05) is 11.6 Å². The van der Waals surface area contributed by atoms with Gasteiger partial charge in [0, 0.05) is 5.39 Å². The van der Waals surface area contributed by atoms with E-state index in [0.717, 1.165) is 14.6 Å². The molecule has 3 nitrogen and oxygen atoms in total. The summed E-state index contributed by atoms with van der Waals surface area (Å²) in [4.78, 5) is 4.08. The van der Waals surface area contributed by atoms with Crippen molar-refractivity contribution in [2.24, 2.45) is 0 Å². The van der Waals surface area contributed by atoms with Crippen LogP contribution in [0, 0.1) is 3.57 Å². The average molecular weight is 279 g/mol. The third kappa shape index (κ3) is 1.20. The van der Waals surface area contributed by atoms with Crippen LogP contribution in [-0.4, -0.2) is 15.2 Å². The molecular formula is C6H3ClIN3. The molecule has 5 heteroatoms. The number of aromatic nitrogens is 3. The molecule has 0 saturated carbocycles. The normalized spacial score (nSPS) is 10.7. The minimum absolute atomic E-state index is 0.516. The van der Waals surface area contributed by atoms with Gasteiger partial charge in [-0.15, -0.1) is 0 Å². The SMILES string of the molecule is Clc1nc2[nH]ncc2cc1I. The summed E-state index contributed by atoms with van der Waals surface area (Å²) in [7, 11) is 0. The van der Waals surface area contributed by atoms with Crippen molar-refractivity contribution in [3.63, 3.8) is 0 Å². The number of nitrogens with one attached hydrogen (secondary N) is 1. The molecule has 0 aliphatic heterocycles. The number of hydrogen-bond acceptors (Lipinski definition) is 2. The number of nitrogens with zero attached hydrogens (tertiary/aromatic N) is 2. The highest BCUT2D eigenvalue weighted by molar-refractivity contribution is 14.1. The van der Waals surface area contributed by atoms with Gasteiger partial charge in [0.15, 0.2) is 5.65 Å². The Kier molecular flexibility index (Phi) is 1.72. The van der Waals surface area contributed by atoms with Gasteiger partial charge in [-0.2, -0.15) is 5.10 Å². The summed E-state index contributed by atoms with van der Waals surface area (Å²) < 4.78 is 0.943. The van der Waals surface area contributed by atoms with Gasteiger partial charge in [0.2, 0.25) is 0 Å². The average Bonchev–Trinajstić information content (AvgIpc) is 2.36. The van der Waals surface area contributed by atoms with E-state index >= 15 is 0 Å². The van der Waals surface area contributed by atoms with Crippen LogP contribution in [0.2, 0.25) is 5.15 Å². The Bertz CT molecular complexity index is 362. The van der Waals surface area contributed by atoms with E-state index in [0.29, 0.717) is 5.15 Å². The van der Waals surface area contributed by atoms with Gasteiger partial charge in [0.1, 0.15) is 5.15 Å². The maximum Gasteiger partial charge on any atom is 0.156 e. The Morgan fingerprint density at radius 3 is 3.18 bits per heavy atom. The minimum Gasteiger partial charge on any atom is -0.261 e. The number of rotatable bonds is 0. The summed E-state index contributed by atoms with van der Waals surface area (Å²) in [5.41, 5.74) is 0.732. The lowest BCUT2D eigenvalue weighted by Gasteiger charge is -1.92. The minimum atomic E-state index is 0.516. The monoisotopic (exact) mass is 279 g/mol. The summed E-state index contributed by atoms with van der Waals surface area (Å²) >= 11 is 7.91. The van der Waals surface area contributed by atoms with Gasteiger partial charge in [-0.3, -0.25) is 5.10 Å². The van der Waals surface area contributed by atoms with E-state index in [1.165, 1.54) is 0 Å². The van der Waals surface area contributed by atoms with Crippen LogP contribution >= 0.6 is 34.2 Å². The van der Waals surface area contributed by atoms with E-state index in [1.807, 2.05) is 6.07 Å². The summed E-state index contributed by atoms with van der Waals surface area (Å²) in [6.45, 7) is 0. The van der Waals surface area contributed by atoms with Crippen molar-refractivity contribution in [2.75, 3.05) is 0 Å². The number of aromatic amines is 1. The molecule has 0 amide bonds. The Balaban J connectivity index is 2.86. The summed E-state index contributed by atoms with van der Waals surface area (Å²) in [6.07, 6.45) is 1.72. The van der Waals surface area contributed by atoms with Gasteiger partial charge in [0.05, 0.1) is 9.77 Å². The predicted octanol–water partition coefficient (Wildman–Crippen LogP) is 2.22. The first-order chi connectivity index (χ1) is 5.27. The van der Waals surface area contributed by atoms with E-state index in [4.69, 9.17) is 11.6 Å². The van der Waals surface area contributed by atoms with E-state index in [1.54, 1.807) is 6.20 Å². The molecule has 2 aromatic heterocycles. The Morgan fingerprint density at radius 2 is 2.36 bits per heavy atom. The lowest BCUT2D eigenvalue weighted by atomic mass is 10.4. The first-order valence-electron chi connectivity index (χ1n) is 2.92. The van der Waals surface area contributed by atoms with E-state index < -0.39 is 0 Å². The van der Waals surface area contributed by atoms with Crippen molar-refractivity contribution in [1.29, 1.82) is 0 Å².